The third kappa shape index (κ3) is 19.8. The number of nitrogens with zero attached hydrogens (tertiary/aromatic N) is 5. The second-order valence-corrected chi connectivity index (χ2v) is 36.0. The molecule has 17 rings (SSSR count). The maximum atomic E-state index is 13.8. The molecule has 9 heterocycles. The fourth-order valence-corrected chi connectivity index (χ4v) is 21.4. The van der Waals surface area contributed by atoms with Crippen LogP contribution in [0.4, 0.5) is 38.9 Å². The maximum Gasteiger partial charge on any atom is 0.410 e. The number of hydrogen-bond donors (Lipinski definition) is 6. The first-order valence-corrected chi connectivity index (χ1v) is 43.2. The van der Waals surface area contributed by atoms with Crippen LogP contribution >= 0.6 is 70.6 Å². The van der Waals surface area contributed by atoms with E-state index >= 15 is 0 Å². The van der Waals surface area contributed by atoms with Crippen molar-refractivity contribution in [3.05, 3.63) is 248 Å². The first-order chi connectivity index (χ1) is 56.1. The number of ether oxygens (including phenoxy) is 4. The molecule has 7 N–H and O–H groups in total. The van der Waals surface area contributed by atoms with Crippen molar-refractivity contribution in [3.63, 3.8) is 0 Å². The van der Waals surface area contributed by atoms with Crippen molar-refractivity contribution in [2.24, 2.45) is 0 Å². The Balaban J connectivity index is 0.000000141. The van der Waals surface area contributed by atoms with Crippen LogP contribution in [0.2, 0.25) is 0 Å². The molecular weight excluding hydrogens is 1580 g/mol. The third-order valence-electron chi connectivity index (χ3n) is 20.0. The summed E-state index contributed by atoms with van der Waals surface area (Å²) in [6, 6.07) is 66.3. The number of benzene rings is 8. The maximum absolute atomic E-state index is 13.8. The van der Waals surface area contributed by atoms with Crippen molar-refractivity contribution in [2.75, 3.05) is 131 Å². The van der Waals surface area contributed by atoms with Crippen LogP contribution in [0.1, 0.15) is 31.9 Å². The molecular formula is C89H89N11O10S6. The van der Waals surface area contributed by atoms with Gasteiger partial charge in [-0.3, -0.25) is 33.8 Å². The number of carbonyl (C=O) groups excluding carboxylic acids is 3. The lowest BCUT2D eigenvalue weighted by Gasteiger charge is -2.30. The Hall–Kier alpha value is -10.0. The summed E-state index contributed by atoms with van der Waals surface area (Å²) < 4.78 is 22.0. The van der Waals surface area contributed by atoms with E-state index < -0.39 is 17.7 Å². The first-order valence-electron chi connectivity index (χ1n) is 38.3. The normalized spacial score (nSPS) is 15.2. The van der Waals surface area contributed by atoms with Crippen molar-refractivity contribution >= 4 is 123 Å². The van der Waals surface area contributed by atoms with Crippen LogP contribution in [-0.2, 0) is 41.4 Å². The number of anilines is 6. The number of morpholine rings is 3. The highest BCUT2D eigenvalue weighted by Gasteiger charge is 2.33. The molecule has 3 aromatic heterocycles. The van der Waals surface area contributed by atoms with E-state index in [0.29, 0.717) is 58.2 Å². The van der Waals surface area contributed by atoms with Crippen LogP contribution in [0.3, 0.4) is 0 Å². The summed E-state index contributed by atoms with van der Waals surface area (Å²) in [5.41, 5.74) is 17.4. The predicted molar refractivity (Wildman–Crippen MR) is 468 cm³/mol. The van der Waals surface area contributed by atoms with Gasteiger partial charge in [0, 0.05) is 180 Å². The van der Waals surface area contributed by atoms with Gasteiger partial charge in [-0.25, -0.2) is 4.79 Å². The van der Waals surface area contributed by atoms with Gasteiger partial charge in [-0.1, -0.05) is 168 Å². The smallest absolute Gasteiger partial charge is 0.410 e. The number of likely N-dealkylation sites (N-methyl/N-ethyl adjacent to an activating group) is 2. The number of rotatable bonds is 16. The van der Waals surface area contributed by atoms with Crippen LogP contribution in [0.15, 0.2) is 279 Å². The fraction of sp³-hybridized carbons (Fsp3) is 0.258. The van der Waals surface area contributed by atoms with E-state index in [-0.39, 0.29) is 34.5 Å². The summed E-state index contributed by atoms with van der Waals surface area (Å²) >= 11 is 10.1. The lowest BCUT2D eigenvalue weighted by molar-refractivity contribution is -0.121. The molecule has 0 bridgehead atoms. The zero-order chi connectivity index (χ0) is 80.6. The van der Waals surface area contributed by atoms with Gasteiger partial charge in [-0.15, -0.1) is 0 Å². The minimum atomic E-state index is -0.788. The largest absolute Gasteiger partial charge is 0.444 e. The average Bonchev–Trinajstić information content (AvgIpc) is 0.777. The van der Waals surface area contributed by atoms with Crippen LogP contribution in [0.25, 0.3) is 33.8 Å². The number of nitrogens with two attached hydrogens (primary N) is 1. The topological polar surface area (TPSA) is 253 Å². The van der Waals surface area contributed by atoms with Gasteiger partial charge in [-0.2, -0.15) is 0 Å². The Morgan fingerprint density at radius 2 is 0.776 bits per heavy atom. The SMILES string of the molecule is CN(C(=O)OC(C)(C)C)[C@@H](Cc1ccccc1)C(=O)Nc1ccc2c(c1)Sc1cccc(-c3cc(N4CCOCC4)cc(=O)[nH]3)c1S2.CN(C)[C@@H](Cc1ccccc1)C(=O)Nc1ccc2c(c1)Sc1cccc(-c3cc(N4CCOCC4)cc(=O)[nH]3)c1S2.Nc1ccc2c(c1)Sc1cccc(-c3cc(N4CCOCC4)cc(=O)[nH]3)c1S2. The second-order valence-electron chi connectivity index (χ2n) is 29.6. The Morgan fingerprint density at radius 3 is 1.15 bits per heavy atom. The molecule has 3 saturated heterocycles. The van der Waals surface area contributed by atoms with E-state index in [2.05, 4.69) is 113 Å². The highest BCUT2D eigenvalue weighted by atomic mass is 32.2. The van der Waals surface area contributed by atoms with Crippen molar-refractivity contribution in [1.82, 2.24) is 24.8 Å². The number of nitrogen functional groups attached to an aromatic ring is 1. The van der Waals surface area contributed by atoms with E-state index in [0.717, 1.165) is 152 Å². The van der Waals surface area contributed by atoms with Crippen LogP contribution in [0.5, 0.6) is 0 Å². The highest BCUT2D eigenvalue weighted by molar-refractivity contribution is 8.06. The number of aromatic amines is 3. The van der Waals surface area contributed by atoms with E-state index in [9.17, 15) is 28.8 Å². The number of aromatic nitrogens is 3. The molecule has 0 spiro atoms. The van der Waals surface area contributed by atoms with E-state index in [1.165, 1.54) is 24.5 Å². The van der Waals surface area contributed by atoms with E-state index in [1.54, 1.807) is 117 Å². The molecule has 27 heteroatoms. The van der Waals surface area contributed by atoms with Crippen molar-refractivity contribution in [1.29, 1.82) is 0 Å². The quantitative estimate of drug-likeness (QED) is 0.0492. The Kier molecular flexibility index (Phi) is 25.6. The van der Waals surface area contributed by atoms with Crippen molar-refractivity contribution in [2.45, 2.75) is 110 Å². The molecule has 0 radical (unpaired) electrons. The minimum absolute atomic E-state index is 0.0287. The number of nitrogens with one attached hydrogen (secondary N) is 5. The summed E-state index contributed by atoms with van der Waals surface area (Å²) in [7, 11) is 5.47. The van der Waals surface area contributed by atoms with E-state index in [4.69, 9.17) is 24.7 Å². The van der Waals surface area contributed by atoms with Crippen molar-refractivity contribution in [3.8, 4) is 33.8 Å². The van der Waals surface area contributed by atoms with Crippen molar-refractivity contribution < 1.29 is 33.3 Å². The monoisotopic (exact) mass is 1660 g/mol. The van der Waals surface area contributed by atoms with Gasteiger partial charge in [0.25, 0.3) is 0 Å². The Bertz CT molecular complexity index is 5630. The van der Waals surface area contributed by atoms with E-state index in [1.807, 2.05) is 134 Å². The van der Waals surface area contributed by atoms with Gasteiger partial charge in [0.05, 0.1) is 62.8 Å². The van der Waals surface area contributed by atoms with Gasteiger partial charge < -0.3 is 65.0 Å². The number of pyridine rings is 3. The molecule has 2 atom stereocenters. The van der Waals surface area contributed by atoms with Gasteiger partial charge in [0.2, 0.25) is 28.5 Å². The summed E-state index contributed by atoms with van der Waals surface area (Å²) in [5.74, 6) is -0.332. The minimum Gasteiger partial charge on any atom is -0.444 e. The first kappa shape index (κ1) is 81.1. The third-order valence-corrected chi connectivity index (χ3v) is 27.8. The van der Waals surface area contributed by atoms with Crippen LogP contribution in [0, 0.1) is 0 Å². The summed E-state index contributed by atoms with van der Waals surface area (Å²) in [4.78, 5) is 110. The number of fused-ring (bicyclic) bond motifs is 6. The molecule has 0 aliphatic carbocycles. The number of amides is 3. The molecule has 6 aliphatic heterocycles. The molecule has 21 nitrogen and oxygen atoms in total. The predicted octanol–water partition coefficient (Wildman–Crippen LogP) is 16.6. The van der Waals surface area contributed by atoms with Gasteiger partial charge in [0.15, 0.2) is 0 Å². The summed E-state index contributed by atoms with van der Waals surface area (Å²) in [6.07, 6.45) is 0.415. The number of hydrogen-bond acceptors (Lipinski definition) is 21. The molecule has 0 unspecified atom stereocenters. The zero-order valence-electron chi connectivity index (χ0n) is 65.0. The second kappa shape index (κ2) is 36.6. The molecule has 11 aromatic rings. The van der Waals surface area contributed by atoms with Gasteiger partial charge in [0.1, 0.15) is 11.6 Å². The standard InChI is InChI=1S/C36H38N4O5S2.C32H32N4O3S2.C21H19N3O2S2/c1-36(2,3)45-35(43)39(4)28(19-23-9-6-5-7-10-23)34(42)37-24-13-14-29-31(20-24)46-30-12-8-11-26(33(30)47-29)27-21-25(22-32(41)38-27)40-15-17-44-18-16-40;1-35(2)26(17-21-7-4-3-5-8-21)32(38)33-22-11-12-27-29(18-22)40-28-10-6-9-24(31(28)41-27)25-19-23(20-30(37)34-25)36-13-15-39-16-14-36;22-13-4-5-17-19(10-13)27-18-3-1-2-15(21(18)28-17)16-11-14(12-20(25)23-16)24-6-8-26-9-7-24/h5-14,20-22,28H,15-19H2,1-4H3,(H,37,42)(H,38,41);3-12,18-20,26H,13-17H2,1-2H3,(H,33,38)(H,34,37);1-5,10-12H,6-9,22H2,(H,23,25)/t28-;26-;/m00./s1. The molecule has 8 aromatic carbocycles. The number of carbonyl (C=O) groups is 3. The molecule has 6 aliphatic rings. The molecule has 596 valence electrons. The fourth-order valence-electron chi connectivity index (χ4n) is 14.2. The Labute approximate surface area is 699 Å². The molecule has 0 saturated carbocycles. The molecule has 3 amide bonds. The lowest BCUT2D eigenvalue weighted by atomic mass is 10.0. The molecule has 116 heavy (non-hydrogen) atoms. The molecule has 3 fully saturated rings. The van der Waals surface area contributed by atoms with Crippen LogP contribution in [-0.4, -0.2) is 160 Å². The highest BCUT2D eigenvalue weighted by Crippen LogP contribution is 2.55. The summed E-state index contributed by atoms with van der Waals surface area (Å²) in [5, 5.41) is 6.19. The zero-order valence-corrected chi connectivity index (χ0v) is 69.9. The van der Waals surface area contributed by atoms with Crippen LogP contribution < -0.4 is 47.7 Å². The van der Waals surface area contributed by atoms with Gasteiger partial charge >= 0.3 is 6.09 Å². The Morgan fingerprint density at radius 1 is 0.422 bits per heavy atom. The summed E-state index contributed by atoms with van der Waals surface area (Å²) in [6.45, 7) is 14.0. The average molecular weight is 1670 g/mol. The lowest BCUT2D eigenvalue weighted by Crippen LogP contribution is -2.48. The van der Waals surface area contributed by atoms with Gasteiger partial charge in [-0.05, 0) is 143 Å². The number of H-pyrrole nitrogens is 3.